The molecule has 0 aliphatic carbocycles. The third-order valence-electron chi connectivity index (χ3n) is 2.69. The maximum absolute atomic E-state index is 12.0. The lowest BCUT2D eigenvalue weighted by atomic mass is 10.1. The van der Waals surface area contributed by atoms with E-state index in [1.807, 2.05) is 0 Å². The molecule has 0 amide bonds. The van der Waals surface area contributed by atoms with Crippen LogP contribution < -0.4 is 5.43 Å². The molecular formula is C13H12O5. The Morgan fingerprint density at radius 3 is 2.61 bits per heavy atom. The number of aryl methyl sites for hydroxylation is 1. The Morgan fingerprint density at radius 1 is 1.28 bits per heavy atom. The van der Waals surface area contributed by atoms with Crippen LogP contribution in [0.4, 0.5) is 0 Å². The Morgan fingerprint density at radius 2 is 1.94 bits per heavy atom. The molecule has 0 fully saturated rings. The molecule has 1 heterocycles. The number of ketones is 1. The topological polar surface area (TPSA) is 87.7 Å². The van der Waals surface area contributed by atoms with Crippen LogP contribution in [-0.4, -0.2) is 16.0 Å². The van der Waals surface area contributed by atoms with Crippen LogP contribution in [-0.2, 0) is 11.2 Å². The molecule has 18 heavy (non-hydrogen) atoms. The number of Topliss-reactive ketones (excluding diaryl/α,β-unsaturated/α-hetero) is 1. The highest BCUT2D eigenvalue weighted by molar-refractivity contribution is 5.81. The fraction of sp³-hybridized carbons (Fsp3) is 0.231. The standard InChI is InChI=1S/C13H12O5/c1-7(14)2-3-8-6-18-12-5-11(16)10(15)4-9(12)13(8)17/h4-6,15-16H,2-3H2,1H3. The number of hydrogen-bond donors (Lipinski definition) is 2. The summed E-state index contributed by atoms with van der Waals surface area (Å²) in [5.74, 6) is -0.733. The highest BCUT2D eigenvalue weighted by Crippen LogP contribution is 2.28. The molecule has 2 N–H and O–H groups in total. The molecule has 0 atom stereocenters. The summed E-state index contributed by atoms with van der Waals surface area (Å²) in [7, 11) is 0. The maximum atomic E-state index is 12.0. The number of carbonyl (C=O) groups is 1. The van der Waals surface area contributed by atoms with Crippen molar-refractivity contribution in [1.29, 1.82) is 0 Å². The van der Waals surface area contributed by atoms with Crippen molar-refractivity contribution in [2.75, 3.05) is 0 Å². The first-order valence-corrected chi connectivity index (χ1v) is 5.45. The number of aromatic hydroxyl groups is 2. The van der Waals surface area contributed by atoms with Gasteiger partial charge in [-0.25, -0.2) is 0 Å². The number of carbonyl (C=O) groups excluding carboxylic acids is 1. The van der Waals surface area contributed by atoms with Gasteiger partial charge in [0.2, 0.25) is 0 Å². The first kappa shape index (κ1) is 12.2. The van der Waals surface area contributed by atoms with Gasteiger partial charge in [-0.3, -0.25) is 4.79 Å². The second-order valence-corrected chi connectivity index (χ2v) is 4.13. The van der Waals surface area contributed by atoms with E-state index in [0.29, 0.717) is 12.0 Å². The second kappa shape index (κ2) is 4.52. The largest absolute Gasteiger partial charge is 0.504 e. The number of hydrogen-bond acceptors (Lipinski definition) is 5. The molecule has 1 aromatic carbocycles. The number of phenols is 2. The first-order valence-electron chi connectivity index (χ1n) is 5.45. The van der Waals surface area contributed by atoms with Crippen molar-refractivity contribution in [3.05, 3.63) is 34.2 Å². The fourth-order valence-electron chi connectivity index (χ4n) is 1.68. The molecule has 2 rings (SSSR count). The van der Waals surface area contributed by atoms with Crippen molar-refractivity contribution in [3.8, 4) is 11.5 Å². The van der Waals surface area contributed by atoms with Gasteiger partial charge in [-0.15, -0.1) is 0 Å². The molecule has 5 nitrogen and oxygen atoms in total. The lowest BCUT2D eigenvalue weighted by Gasteiger charge is -2.03. The van der Waals surface area contributed by atoms with Gasteiger partial charge in [-0.05, 0) is 19.4 Å². The van der Waals surface area contributed by atoms with Gasteiger partial charge < -0.3 is 19.4 Å². The van der Waals surface area contributed by atoms with Gasteiger partial charge in [0.15, 0.2) is 16.9 Å². The molecular weight excluding hydrogens is 236 g/mol. The predicted octanol–water partition coefficient (Wildman–Crippen LogP) is 1.73. The van der Waals surface area contributed by atoms with Crippen LogP contribution in [0.25, 0.3) is 11.0 Å². The minimum Gasteiger partial charge on any atom is -0.504 e. The fourth-order valence-corrected chi connectivity index (χ4v) is 1.68. The van der Waals surface area contributed by atoms with E-state index in [2.05, 4.69) is 0 Å². The number of fused-ring (bicyclic) bond motifs is 1. The third-order valence-corrected chi connectivity index (χ3v) is 2.69. The van der Waals surface area contributed by atoms with Crippen molar-refractivity contribution in [3.63, 3.8) is 0 Å². The van der Waals surface area contributed by atoms with E-state index in [9.17, 15) is 19.8 Å². The van der Waals surface area contributed by atoms with Crippen LogP contribution in [0.15, 0.2) is 27.6 Å². The minimum atomic E-state index is -0.376. The van der Waals surface area contributed by atoms with Crippen molar-refractivity contribution in [2.45, 2.75) is 19.8 Å². The van der Waals surface area contributed by atoms with E-state index in [-0.39, 0.29) is 40.1 Å². The van der Waals surface area contributed by atoms with E-state index < -0.39 is 0 Å². The summed E-state index contributed by atoms with van der Waals surface area (Å²) in [4.78, 5) is 22.9. The summed E-state index contributed by atoms with van der Waals surface area (Å²) in [6.45, 7) is 1.45. The Labute approximate surface area is 102 Å². The van der Waals surface area contributed by atoms with Gasteiger partial charge in [0.25, 0.3) is 0 Å². The Kier molecular flexibility index (Phi) is 3.06. The minimum absolute atomic E-state index is 0.0111. The predicted molar refractivity (Wildman–Crippen MR) is 64.8 cm³/mol. The van der Waals surface area contributed by atoms with Crippen molar-refractivity contribution >= 4 is 16.8 Å². The van der Waals surface area contributed by atoms with Crippen LogP contribution in [0.1, 0.15) is 18.9 Å². The van der Waals surface area contributed by atoms with Gasteiger partial charge in [0.1, 0.15) is 11.4 Å². The molecule has 0 bridgehead atoms. The smallest absolute Gasteiger partial charge is 0.195 e. The number of phenolic OH excluding ortho intramolecular Hbond substituents is 2. The molecule has 94 valence electrons. The van der Waals surface area contributed by atoms with Crippen molar-refractivity contribution < 1.29 is 19.4 Å². The van der Waals surface area contributed by atoms with Crippen LogP contribution in [0, 0.1) is 0 Å². The Hall–Kier alpha value is -2.30. The van der Waals surface area contributed by atoms with E-state index in [1.165, 1.54) is 19.3 Å². The van der Waals surface area contributed by atoms with Crippen LogP contribution >= 0.6 is 0 Å². The maximum Gasteiger partial charge on any atom is 0.195 e. The number of rotatable bonds is 3. The zero-order chi connectivity index (χ0) is 13.3. The zero-order valence-corrected chi connectivity index (χ0v) is 9.77. The van der Waals surface area contributed by atoms with Crippen LogP contribution in [0.3, 0.4) is 0 Å². The van der Waals surface area contributed by atoms with Crippen molar-refractivity contribution in [2.24, 2.45) is 0 Å². The monoisotopic (exact) mass is 248 g/mol. The quantitative estimate of drug-likeness (QED) is 0.807. The normalized spacial score (nSPS) is 10.7. The van der Waals surface area contributed by atoms with Crippen LogP contribution in [0.2, 0.25) is 0 Å². The highest BCUT2D eigenvalue weighted by atomic mass is 16.3. The number of benzene rings is 1. The third kappa shape index (κ3) is 2.20. The highest BCUT2D eigenvalue weighted by Gasteiger charge is 2.11. The van der Waals surface area contributed by atoms with Gasteiger partial charge in [-0.2, -0.15) is 0 Å². The molecule has 0 spiro atoms. The SMILES string of the molecule is CC(=O)CCc1coc2cc(O)c(O)cc2c1=O. The zero-order valence-electron chi connectivity index (χ0n) is 9.77. The molecule has 2 aromatic rings. The molecule has 1 aromatic heterocycles. The Bertz CT molecular complexity index is 669. The summed E-state index contributed by atoms with van der Waals surface area (Å²) in [5.41, 5.74) is 0.275. The van der Waals surface area contributed by atoms with Gasteiger partial charge in [-0.1, -0.05) is 0 Å². The van der Waals surface area contributed by atoms with Crippen molar-refractivity contribution in [1.82, 2.24) is 0 Å². The Balaban J connectivity index is 2.53. The van der Waals surface area contributed by atoms with E-state index in [4.69, 9.17) is 4.42 Å². The molecule has 0 saturated heterocycles. The van der Waals surface area contributed by atoms with Gasteiger partial charge in [0, 0.05) is 18.1 Å². The molecule has 0 saturated carbocycles. The average Bonchev–Trinajstić information content (AvgIpc) is 2.31. The van der Waals surface area contributed by atoms with E-state index in [1.54, 1.807) is 0 Å². The summed E-state index contributed by atoms with van der Waals surface area (Å²) < 4.78 is 5.21. The lowest BCUT2D eigenvalue weighted by molar-refractivity contribution is -0.116. The molecule has 0 radical (unpaired) electrons. The van der Waals surface area contributed by atoms with Gasteiger partial charge in [0.05, 0.1) is 11.6 Å². The van der Waals surface area contributed by atoms with Gasteiger partial charge >= 0.3 is 0 Å². The summed E-state index contributed by atoms with van der Waals surface area (Å²) >= 11 is 0. The summed E-state index contributed by atoms with van der Waals surface area (Å²) in [6.07, 6.45) is 1.85. The van der Waals surface area contributed by atoms with E-state index >= 15 is 0 Å². The average molecular weight is 248 g/mol. The summed E-state index contributed by atoms with van der Waals surface area (Å²) in [6, 6.07) is 2.34. The second-order valence-electron chi connectivity index (χ2n) is 4.13. The van der Waals surface area contributed by atoms with Crippen LogP contribution in [0.5, 0.6) is 11.5 Å². The molecule has 0 unspecified atom stereocenters. The molecule has 5 heteroatoms. The van der Waals surface area contributed by atoms with E-state index in [0.717, 1.165) is 6.07 Å². The summed E-state index contributed by atoms with van der Waals surface area (Å²) in [5, 5.41) is 18.8. The molecule has 0 aliphatic rings. The molecule has 0 aliphatic heterocycles. The first-order chi connectivity index (χ1) is 8.49. The lowest BCUT2D eigenvalue weighted by Crippen LogP contribution is -2.10.